The fourth-order valence-electron chi connectivity index (χ4n) is 5.47. The summed E-state index contributed by atoms with van der Waals surface area (Å²) in [5.41, 5.74) is 2.98. The van der Waals surface area contributed by atoms with Gasteiger partial charge >= 0.3 is 5.97 Å². The summed E-state index contributed by atoms with van der Waals surface area (Å²) in [6, 6.07) is 17.6. The molecule has 11 nitrogen and oxygen atoms in total. The van der Waals surface area contributed by atoms with Gasteiger partial charge in [-0.15, -0.1) is 0 Å². The van der Waals surface area contributed by atoms with Crippen molar-refractivity contribution in [1.82, 2.24) is 29.3 Å². The minimum atomic E-state index is -1.12. The number of aromatic nitrogens is 6. The number of benzene rings is 3. The molecule has 6 aromatic rings. The maximum atomic E-state index is 15.6. The van der Waals surface area contributed by atoms with E-state index in [4.69, 9.17) is 14.2 Å². The minimum absolute atomic E-state index is 0.0157. The van der Waals surface area contributed by atoms with Crippen molar-refractivity contribution in [1.29, 1.82) is 0 Å². The number of carbonyl (C=O) groups is 1. The summed E-state index contributed by atoms with van der Waals surface area (Å²) in [7, 11) is 1.43. The standard InChI is InChI=1S/C34H28F2N6O5/c1-45-30-13-22(34(43)44)12-29-33(30)40-31(41(29)16-24-9-10-46-24)14-21-11-27(36)25(15-26(21)35)28-3-2-4-32(39-28)47-17-20-5-7-23(8-6-20)42-19-37-18-38-42/h2-8,11-13,15,18-19,24H,9-10,14,16-17H2,1H3,(H,43,44). The number of ether oxygens (including phenoxy) is 3. The molecule has 1 unspecified atom stereocenters. The van der Waals surface area contributed by atoms with E-state index in [0.717, 1.165) is 29.8 Å². The number of methoxy groups -OCH3 is 1. The van der Waals surface area contributed by atoms with Gasteiger partial charge in [0.15, 0.2) is 0 Å². The zero-order valence-electron chi connectivity index (χ0n) is 25.1. The molecule has 0 saturated carbocycles. The van der Waals surface area contributed by atoms with Crippen LogP contribution in [0.5, 0.6) is 11.6 Å². The third kappa shape index (κ3) is 6.12. The SMILES string of the molecule is COc1cc(C(=O)O)cc2c1nc(Cc1cc(F)c(-c3cccc(OCc4ccc(-n5cncn5)cc4)n3)cc1F)n2CC1CCO1. The van der Waals surface area contributed by atoms with E-state index >= 15 is 8.78 Å². The van der Waals surface area contributed by atoms with Gasteiger partial charge in [0.25, 0.3) is 0 Å². The Bertz CT molecular complexity index is 2080. The quantitative estimate of drug-likeness (QED) is 0.192. The van der Waals surface area contributed by atoms with Gasteiger partial charge in [-0.1, -0.05) is 18.2 Å². The zero-order chi connectivity index (χ0) is 32.5. The lowest BCUT2D eigenvalue weighted by molar-refractivity contribution is -0.0589. The van der Waals surface area contributed by atoms with Gasteiger partial charge in [0.1, 0.15) is 48.0 Å². The van der Waals surface area contributed by atoms with Crippen LogP contribution in [0.15, 0.2) is 79.4 Å². The lowest BCUT2D eigenvalue weighted by Crippen LogP contribution is -2.31. The molecule has 0 aliphatic carbocycles. The van der Waals surface area contributed by atoms with Crippen LogP contribution in [-0.2, 0) is 24.3 Å². The van der Waals surface area contributed by atoms with Crippen LogP contribution in [0, 0.1) is 11.6 Å². The van der Waals surface area contributed by atoms with E-state index < -0.39 is 17.6 Å². The molecule has 0 amide bonds. The first-order valence-corrected chi connectivity index (χ1v) is 14.8. The minimum Gasteiger partial charge on any atom is -0.494 e. The highest BCUT2D eigenvalue weighted by atomic mass is 19.1. The second-order valence-electron chi connectivity index (χ2n) is 11.0. The number of rotatable bonds is 11. The summed E-state index contributed by atoms with van der Waals surface area (Å²) in [6.07, 6.45) is 3.72. The van der Waals surface area contributed by atoms with Crippen molar-refractivity contribution in [2.24, 2.45) is 0 Å². The van der Waals surface area contributed by atoms with E-state index in [-0.39, 0.29) is 53.1 Å². The number of hydrogen-bond acceptors (Lipinski definition) is 8. The largest absolute Gasteiger partial charge is 0.494 e. The summed E-state index contributed by atoms with van der Waals surface area (Å²) < 4.78 is 51.6. The maximum absolute atomic E-state index is 15.6. The average molecular weight is 639 g/mol. The Hall–Kier alpha value is -5.69. The fourth-order valence-corrected chi connectivity index (χ4v) is 5.47. The van der Waals surface area contributed by atoms with E-state index in [1.165, 1.54) is 25.6 Å². The van der Waals surface area contributed by atoms with Gasteiger partial charge in [-0.2, -0.15) is 5.10 Å². The number of aromatic carboxylic acids is 1. The van der Waals surface area contributed by atoms with Crippen molar-refractivity contribution in [2.75, 3.05) is 13.7 Å². The second kappa shape index (κ2) is 12.6. The molecule has 4 heterocycles. The summed E-state index contributed by atoms with van der Waals surface area (Å²) in [5.74, 6) is -1.47. The third-order valence-electron chi connectivity index (χ3n) is 8.04. The van der Waals surface area contributed by atoms with E-state index in [1.54, 1.807) is 33.8 Å². The van der Waals surface area contributed by atoms with Gasteiger partial charge in [0, 0.05) is 24.7 Å². The molecule has 0 spiro atoms. The van der Waals surface area contributed by atoms with E-state index in [9.17, 15) is 9.90 Å². The maximum Gasteiger partial charge on any atom is 0.335 e. The molecule has 7 rings (SSSR count). The Kier molecular flexibility index (Phi) is 8.04. The Morgan fingerprint density at radius 3 is 2.60 bits per heavy atom. The van der Waals surface area contributed by atoms with Gasteiger partial charge in [-0.25, -0.2) is 33.2 Å². The zero-order valence-corrected chi connectivity index (χ0v) is 25.1. The molecule has 13 heteroatoms. The number of hydrogen-bond donors (Lipinski definition) is 1. The van der Waals surface area contributed by atoms with Gasteiger partial charge < -0.3 is 23.9 Å². The smallest absolute Gasteiger partial charge is 0.335 e. The molecule has 3 aromatic heterocycles. The number of carboxylic acid groups (broad SMARTS) is 1. The Balaban J connectivity index is 1.13. The van der Waals surface area contributed by atoms with Crippen molar-refractivity contribution in [3.05, 3.63) is 114 Å². The van der Waals surface area contributed by atoms with Crippen LogP contribution < -0.4 is 9.47 Å². The third-order valence-corrected chi connectivity index (χ3v) is 8.04. The number of carboxylic acids is 1. The predicted octanol–water partition coefficient (Wildman–Crippen LogP) is 5.62. The van der Waals surface area contributed by atoms with Crippen LogP contribution in [0.1, 0.15) is 33.7 Å². The fraction of sp³-hybridized carbons (Fsp3) is 0.206. The molecular formula is C34H28F2N6O5. The highest BCUT2D eigenvalue weighted by molar-refractivity contribution is 5.95. The van der Waals surface area contributed by atoms with Crippen LogP contribution in [0.4, 0.5) is 8.78 Å². The first-order chi connectivity index (χ1) is 22.9. The van der Waals surface area contributed by atoms with Gasteiger partial charge in [-0.05, 0) is 60.0 Å². The molecule has 1 N–H and O–H groups in total. The molecule has 1 aliphatic heterocycles. The normalized spacial score (nSPS) is 14.2. The topological polar surface area (TPSA) is 126 Å². The summed E-state index contributed by atoms with van der Waals surface area (Å²) in [5, 5.41) is 13.7. The number of pyridine rings is 1. The van der Waals surface area contributed by atoms with E-state index in [2.05, 4.69) is 20.1 Å². The Morgan fingerprint density at radius 2 is 1.89 bits per heavy atom. The Morgan fingerprint density at radius 1 is 1.06 bits per heavy atom. The van der Waals surface area contributed by atoms with Crippen molar-refractivity contribution >= 4 is 17.0 Å². The first kappa shape index (κ1) is 30.0. The van der Waals surface area contributed by atoms with Crippen molar-refractivity contribution in [3.8, 4) is 28.6 Å². The highest BCUT2D eigenvalue weighted by Crippen LogP contribution is 2.32. The lowest BCUT2D eigenvalue weighted by Gasteiger charge is -2.27. The number of fused-ring (bicyclic) bond motifs is 1. The van der Waals surface area contributed by atoms with Crippen LogP contribution in [-0.4, -0.2) is 60.2 Å². The van der Waals surface area contributed by atoms with E-state index in [1.807, 2.05) is 24.3 Å². The summed E-state index contributed by atoms with van der Waals surface area (Å²) in [6.45, 7) is 1.22. The average Bonchev–Trinajstić information content (AvgIpc) is 3.72. The molecule has 3 aromatic carbocycles. The van der Waals surface area contributed by atoms with Crippen LogP contribution in [0.3, 0.4) is 0 Å². The molecule has 1 saturated heterocycles. The van der Waals surface area contributed by atoms with Gasteiger partial charge in [0.2, 0.25) is 5.88 Å². The van der Waals surface area contributed by atoms with Crippen molar-refractivity contribution < 1.29 is 32.9 Å². The highest BCUT2D eigenvalue weighted by Gasteiger charge is 2.25. The van der Waals surface area contributed by atoms with Gasteiger partial charge in [0.05, 0.1) is 42.2 Å². The summed E-state index contributed by atoms with van der Waals surface area (Å²) in [4.78, 5) is 24.8. The molecule has 1 aliphatic rings. The van der Waals surface area contributed by atoms with Crippen LogP contribution >= 0.6 is 0 Å². The molecular weight excluding hydrogens is 610 g/mol. The second-order valence-corrected chi connectivity index (χ2v) is 11.0. The van der Waals surface area contributed by atoms with Crippen molar-refractivity contribution in [2.45, 2.75) is 32.1 Å². The van der Waals surface area contributed by atoms with Crippen molar-refractivity contribution in [3.63, 3.8) is 0 Å². The molecule has 1 atom stereocenters. The molecule has 0 radical (unpaired) electrons. The molecule has 1 fully saturated rings. The van der Waals surface area contributed by atoms with Gasteiger partial charge in [-0.3, -0.25) is 0 Å². The summed E-state index contributed by atoms with van der Waals surface area (Å²) >= 11 is 0. The first-order valence-electron chi connectivity index (χ1n) is 14.8. The monoisotopic (exact) mass is 638 g/mol. The lowest BCUT2D eigenvalue weighted by atomic mass is 10.0. The number of imidazole rings is 1. The number of halogens is 2. The Labute approximate surface area is 267 Å². The molecule has 0 bridgehead atoms. The van der Waals surface area contributed by atoms with Crippen LogP contribution in [0.25, 0.3) is 28.0 Å². The molecule has 238 valence electrons. The van der Waals surface area contributed by atoms with Crippen LogP contribution in [0.2, 0.25) is 0 Å². The molecule has 47 heavy (non-hydrogen) atoms. The predicted molar refractivity (Wildman–Crippen MR) is 166 cm³/mol. The van der Waals surface area contributed by atoms with E-state index in [0.29, 0.717) is 30.0 Å². The number of nitrogens with zero attached hydrogens (tertiary/aromatic N) is 6.